The van der Waals surface area contributed by atoms with Gasteiger partial charge in [-0.05, 0) is 25.7 Å². The van der Waals surface area contributed by atoms with Crippen molar-refractivity contribution in [3.8, 4) is 0 Å². The molecule has 0 spiro atoms. The third-order valence-electron chi connectivity index (χ3n) is 2.68. The Labute approximate surface area is 81.9 Å². The second-order valence-corrected chi connectivity index (χ2v) is 4.53. The first-order valence-corrected chi connectivity index (χ1v) is 5.37. The van der Waals surface area contributed by atoms with Crippen molar-refractivity contribution in [2.24, 2.45) is 0 Å². The van der Waals surface area contributed by atoms with Crippen molar-refractivity contribution in [1.29, 1.82) is 0 Å². The van der Waals surface area contributed by atoms with Crippen LogP contribution in [0.5, 0.6) is 0 Å². The fourth-order valence-corrected chi connectivity index (χ4v) is 2.49. The molecular formula is C10H13NOS. The fraction of sp³-hybridized carbons (Fsp3) is 0.500. The highest BCUT2D eigenvalue weighted by Crippen LogP contribution is 2.39. The van der Waals surface area contributed by atoms with Crippen molar-refractivity contribution in [2.75, 3.05) is 0 Å². The smallest absolute Gasteiger partial charge is 0.101 e. The van der Waals surface area contributed by atoms with Gasteiger partial charge in [-0.3, -0.25) is 4.98 Å². The molecule has 1 aromatic rings. The molecule has 0 radical (unpaired) electrons. The van der Waals surface area contributed by atoms with Gasteiger partial charge in [0.2, 0.25) is 0 Å². The molecule has 1 aromatic heterocycles. The molecule has 0 amide bonds. The van der Waals surface area contributed by atoms with E-state index in [0.29, 0.717) is 0 Å². The number of hydrogen-bond acceptors (Lipinski definition) is 3. The van der Waals surface area contributed by atoms with E-state index in [2.05, 4.69) is 11.6 Å². The van der Waals surface area contributed by atoms with Crippen molar-refractivity contribution >= 4 is 11.3 Å². The summed E-state index contributed by atoms with van der Waals surface area (Å²) >= 11 is 1.54. The number of rotatable bonds is 1. The van der Waals surface area contributed by atoms with Crippen LogP contribution in [0.4, 0.5) is 0 Å². The second-order valence-electron chi connectivity index (χ2n) is 3.65. The van der Waals surface area contributed by atoms with E-state index in [1.165, 1.54) is 16.9 Å². The maximum atomic E-state index is 10.3. The normalized spacial score (nSPS) is 21.8. The highest BCUT2D eigenvalue weighted by atomic mass is 32.1. The lowest BCUT2D eigenvalue weighted by molar-refractivity contribution is 0.0128. The number of aromatic nitrogens is 1. The molecular weight excluding hydrogens is 182 g/mol. The predicted octanol–water partition coefficient (Wildman–Crippen LogP) is 2.46. The van der Waals surface area contributed by atoms with E-state index < -0.39 is 5.60 Å². The van der Waals surface area contributed by atoms with E-state index in [0.717, 1.165) is 30.6 Å². The minimum absolute atomic E-state index is 0.623. The van der Waals surface area contributed by atoms with Gasteiger partial charge >= 0.3 is 0 Å². The van der Waals surface area contributed by atoms with Crippen LogP contribution in [-0.4, -0.2) is 10.1 Å². The molecule has 0 aromatic carbocycles. The molecule has 0 bridgehead atoms. The summed E-state index contributed by atoms with van der Waals surface area (Å²) < 4.78 is 0. The van der Waals surface area contributed by atoms with Crippen molar-refractivity contribution in [1.82, 2.24) is 4.98 Å². The molecule has 1 saturated carbocycles. The first-order chi connectivity index (χ1) is 6.21. The minimum Gasteiger partial charge on any atom is -0.384 e. The Morgan fingerprint density at radius 3 is 2.69 bits per heavy atom. The average molecular weight is 195 g/mol. The largest absolute Gasteiger partial charge is 0.384 e. The predicted molar refractivity (Wildman–Crippen MR) is 53.6 cm³/mol. The minimum atomic E-state index is -0.623. The molecule has 13 heavy (non-hydrogen) atoms. The van der Waals surface area contributed by atoms with Crippen molar-refractivity contribution < 1.29 is 5.11 Å². The van der Waals surface area contributed by atoms with Crippen LogP contribution in [0.1, 0.15) is 30.6 Å². The Morgan fingerprint density at radius 1 is 1.46 bits per heavy atom. The number of hydrogen-bond donors (Lipinski definition) is 1. The van der Waals surface area contributed by atoms with Gasteiger partial charge in [-0.2, -0.15) is 0 Å². The molecule has 1 aliphatic carbocycles. The number of nitrogens with zero attached hydrogens (tertiary/aromatic N) is 1. The van der Waals surface area contributed by atoms with E-state index in [1.807, 2.05) is 0 Å². The molecule has 3 heteroatoms. The SMILES string of the molecule is C=C1CCC(O)(c2cncs2)CC1. The molecule has 0 saturated heterocycles. The number of aliphatic hydroxyl groups is 1. The topological polar surface area (TPSA) is 33.1 Å². The maximum Gasteiger partial charge on any atom is 0.101 e. The number of thiazole rings is 1. The van der Waals surface area contributed by atoms with Crippen LogP contribution >= 0.6 is 11.3 Å². The standard InChI is InChI=1S/C10H13NOS/c1-8-2-4-10(12,5-3-8)9-6-11-7-13-9/h6-7,12H,1-5H2. The van der Waals surface area contributed by atoms with E-state index in [4.69, 9.17) is 0 Å². The van der Waals surface area contributed by atoms with E-state index in [9.17, 15) is 5.11 Å². The highest BCUT2D eigenvalue weighted by Gasteiger charge is 2.33. The van der Waals surface area contributed by atoms with Gasteiger partial charge in [-0.15, -0.1) is 11.3 Å². The molecule has 0 unspecified atom stereocenters. The Balaban J connectivity index is 2.18. The molecule has 1 fully saturated rings. The van der Waals surface area contributed by atoms with Crippen LogP contribution in [0.25, 0.3) is 0 Å². The summed E-state index contributed by atoms with van der Waals surface area (Å²) in [5, 5.41) is 10.3. The van der Waals surface area contributed by atoms with E-state index >= 15 is 0 Å². The van der Waals surface area contributed by atoms with Gasteiger partial charge in [-0.25, -0.2) is 0 Å². The maximum absolute atomic E-state index is 10.3. The zero-order chi connectivity index (χ0) is 9.31. The first kappa shape index (κ1) is 8.91. The van der Waals surface area contributed by atoms with Crippen molar-refractivity contribution in [3.63, 3.8) is 0 Å². The van der Waals surface area contributed by atoms with E-state index in [-0.39, 0.29) is 0 Å². The Hall–Kier alpha value is -0.670. The van der Waals surface area contributed by atoms with Gasteiger partial charge < -0.3 is 5.11 Å². The lowest BCUT2D eigenvalue weighted by Gasteiger charge is -2.31. The quantitative estimate of drug-likeness (QED) is 0.698. The summed E-state index contributed by atoms with van der Waals surface area (Å²) in [6, 6.07) is 0. The molecule has 1 N–H and O–H groups in total. The summed E-state index contributed by atoms with van der Waals surface area (Å²) in [5.41, 5.74) is 2.41. The summed E-state index contributed by atoms with van der Waals surface area (Å²) in [4.78, 5) is 5.00. The zero-order valence-electron chi connectivity index (χ0n) is 7.49. The Bertz CT molecular complexity index is 295. The van der Waals surface area contributed by atoms with Crippen LogP contribution in [0.2, 0.25) is 0 Å². The first-order valence-electron chi connectivity index (χ1n) is 4.49. The third kappa shape index (κ3) is 1.67. The van der Waals surface area contributed by atoms with Gasteiger partial charge in [0.1, 0.15) is 5.60 Å². The molecule has 2 nitrogen and oxygen atoms in total. The lowest BCUT2D eigenvalue weighted by atomic mass is 9.82. The van der Waals surface area contributed by atoms with Gasteiger partial charge in [-0.1, -0.05) is 12.2 Å². The lowest BCUT2D eigenvalue weighted by Crippen LogP contribution is -2.27. The van der Waals surface area contributed by atoms with Crippen molar-refractivity contribution in [2.45, 2.75) is 31.3 Å². The molecule has 2 rings (SSSR count). The van der Waals surface area contributed by atoms with Gasteiger partial charge in [0.05, 0.1) is 10.4 Å². The molecule has 1 aliphatic rings. The van der Waals surface area contributed by atoms with Crippen molar-refractivity contribution in [3.05, 3.63) is 28.7 Å². The van der Waals surface area contributed by atoms with Crippen LogP contribution in [0, 0.1) is 0 Å². The summed E-state index contributed by atoms with van der Waals surface area (Å²) in [6.07, 6.45) is 5.25. The summed E-state index contributed by atoms with van der Waals surface area (Å²) in [5.74, 6) is 0. The molecule has 0 atom stereocenters. The van der Waals surface area contributed by atoms with Gasteiger partial charge in [0.25, 0.3) is 0 Å². The van der Waals surface area contributed by atoms with E-state index in [1.54, 1.807) is 11.7 Å². The van der Waals surface area contributed by atoms with Gasteiger partial charge in [0.15, 0.2) is 0 Å². The molecule has 70 valence electrons. The summed E-state index contributed by atoms with van der Waals surface area (Å²) in [6.45, 7) is 3.94. The van der Waals surface area contributed by atoms with Crippen LogP contribution in [0.3, 0.4) is 0 Å². The second kappa shape index (κ2) is 3.24. The third-order valence-corrected chi connectivity index (χ3v) is 3.64. The van der Waals surface area contributed by atoms with Crippen LogP contribution in [0.15, 0.2) is 23.9 Å². The average Bonchev–Trinajstić information content (AvgIpc) is 2.63. The highest BCUT2D eigenvalue weighted by molar-refractivity contribution is 7.09. The van der Waals surface area contributed by atoms with Crippen LogP contribution < -0.4 is 0 Å². The van der Waals surface area contributed by atoms with Gasteiger partial charge in [0, 0.05) is 6.20 Å². The molecule has 1 heterocycles. The monoisotopic (exact) mass is 195 g/mol. The Kier molecular flexibility index (Phi) is 2.22. The Morgan fingerprint density at radius 2 is 2.15 bits per heavy atom. The fourth-order valence-electron chi connectivity index (χ4n) is 1.71. The zero-order valence-corrected chi connectivity index (χ0v) is 8.31. The molecule has 0 aliphatic heterocycles. The summed E-state index contributed by atoms with van der Waals surface area (Å²) in [7, 11) is 0. The number of allylic oxidation sites excluding steroid dienone is 1. The van der Waals surface area contributed by atoms with Crippen LogP contribution in [-0.2, 0) is 5.60 Å².